The van der Waals surface area contributed by atoms with Crippen LogP contribution in [0.1, 0.15) is 35.7 Å². The van der Waals surface area contributed by atoms with Gasteiger partial charge >= 0.3 is 5.69 Å². The molecule has 0 bridgehead atoms. The molecule has 1 amide bonds. The number of aromatic amines is 1. The van der Waals surface area contributed by atoms with Crippen molar-refractivity contribution in [1.29, 1.82) is 0 Å². The first-order valence-corrected chi connectivity index (χ1v) is 10.5. The van der Waals surface area contributed by atoms with Gasteiger partial charge in [-0.15, -0.1) is 0 Å². The van der Waals surface area contributed by atoms with Crippen molar-refractivity contribution in [2.45, 2.75) is 26.3 Å². The van der Waals surface area contributed by atoms with Gasteiger partial charge in [-0.25, -0.2) is 4.79 Å². The molecule has 3 aromatic rings. The van der Waals surface area contributed by atoms with Crippen LogP contribution in [0.5, 0.6) is 0 Å². The minimum absolute atomic E-state index is 0.0400. The maximum absolute atomic E-state index is 13.4. The quantitative estimate of drug-likeness (QED) is 0.381. The molecule has 33 heavy (non-hydrogen) atoms. The van der Waals surface area contributed by atoms with E-state index in [9.17, 15) is 24.5 Å². The zero-order valence-electron chi connectivity index (χ0n) is 17.8. The first-order chi connectivity index (χ1) is 15.7. The van der Waals surface area contributed by atoms with Gasteiger partial charge < -0.3 is 10.6 Å². The summed E-state index contributed by atoms with van der Waals surface area (Å²) >= 11 is 5.86. The van der Waals surface area contributed by atoms with Crippen LogP contribution in [0.4, 0.5) is 17.2 Å². The van der Waals surface area contributed by atoms with Gasteiger partial charge in [0.2, 0.25) is 0 Å². The molecule has 0 aliphatic rings. The molecule has 0 spiro atoms. The Kier molecular flexibility index (Phi) is 7.29. The van der Waals surface area contributed by atoms with Gasteiger partial charge in [0, 0.05) is 18.2 Å². The molecule has 0 radical (unpaired) electrons. The van der Waals surface area contributed by atoms with Crippen LogP contribution in [0.3, 0.4) is 0 Å². The van der Waals surface area contributed by atoms with Gasteiger partial charge in [-0.05, 0) is 24.1 Å². The lowest BCUT2D eigenvalue weighted by Crippen LogP contribution is -2.41. The maximum atomic E-state index is 13.4. The summed E-state index contributed by atoms with van der Waals surface area (Å²) in [6, 6.07) is 12.6. The molecule has 2 aromatic carbocycles. The molecule has 0 fully saturated rings. The molecule has 0 aliphatic carbocycles. The fourth-order valence-corrected chi connectivity index (χ4v) is 3.52. The number of nitro groups is 1. The molecule has 172 valence electrons. The lowest BCUT2D eigenvalue weighted by Gasteiger charge is -2.24. The second-order valence-electron chi connectivity index (χ2n) is 7.30. The van der Waals surface area contributed by atoms with Crippen molar-refractivity contribution in [3.63, 3.8) is 0 Å². The number of halogens is 1. The molecule has 0 saturated heterocycles. The number of H-pyrrole nitrogens is 1. The van der Waals surface area contributed by atoms with E-state index in [1.54, 1.807) is 24.3 Å². The number of hydrogen-bond acceptors (Lipinski definition) is 6. The van der Waals surface area contributed by atoms with E-state index in [0.717, 1.165) is 16.5 Å². The van der Waals surface area contributed by atoms with Crippen LogP contribution in [0.25, 0.3) is 0 Å². The molecule has 10 nitrogen and oxygen atoms in total. The Hall–Kier alpha value is -3.92. The number of nitro benzene ring substituents is 1. The Morgan fingerprint density at radius 3 is 2.55 bits per heavy atom. The summed E-state index contributed by atoms with van der Waals surface area (Å²) in [5, 5.41) is 11.1. The third-order valence-corrected chi connectivity index (χ3v) is 5.36. The summed E-state index contributed by atoms with van der Waals surface area (Å²) in [6.07, 6.45) is 1.23. The minimum Gasteiger partial charge on any atom is -0.383 e. The molecule has 0 atom stereocenters. The topological polar surface area (TPSA) is 144 Å². The number of nitrogens with two attached hydrogens (primary N) is 1. The Morgan fingerprint density at radius 1 is 1.21 bits per heavy atom. The highest BCUT2D eigenvalue weighted by Gasteiger charge is 2.26. The third kappa shape index (κ3) is 5.12. The fraction of sp³-hybridized carbons (Fsp3) is 0.227. The standard InChI is InChI=1S/C22H22ClN5O5/c1-2-3-11-26(21(30)15-9-10-16(23)17(12-15)28(32)33)18-19(24)27(22(31)25-20(18)29)13-14-7-5-4-6-8-14/h4-10,12H,2-3,11,13,24H2,1H3,(H,25,29,31). The molecule has 0 unspecified atom stereocenters. The summed E-state index contributed by atoms with van der Waals surface area (Å²) in [5.41, 5.74) is 4.80. The van der Waals surface area contributed by atoms with Crippen LogP contribution in [-0.4, -0.2) is 26.9 Å². The lowest BCUT2D eigenvalue weighted by molar-refractivity contribution is -0.384. The van der Waals surface area contributed by atoms with E-state index in [-0.39, 0.29) is 35.2 Å². The van der Waals surface area contributed by atoms with Crippen molar-refractivity contribution in [3.8, 4) is 0 Å². The van der Waals surface area contributed by atoms with Gasteiger partial charge in [0.1, 0.15) is 10.8 Å². The number of carbonyl (C=O) groups excluding carboxylic acids is 1. The van der Waals surface area contributed by atoms with Crippen molar-refractivity contribution >= 4 is 34.7 Å². The molecular formula is C22H22ClN5O5. The number of aromatic nitrogens is 2. The van der Waals surface area contributed by atoms with Crippen LogP contribution in [-0.2, 0) is 6.54 Å². The van der Waals surface area contributed by atoms with Gasteiger partial charge in [-0.3, -0.25) is 29.3 Å². The van der Waals surface area contributed by atoms with E-state index >= 15 is 0 Å². The molecule has 0 saturated carbocycles. The number of amides is 1. The predicted molar refractivity (Wildman–Crippen MR) is 126 cm³/mol. The number of nitrogen functional groups attached to an aromatic ring is 1. The highest BCUT2D eigenvalue weighted by molar-refractivity contribution is 6.32. The molecule has 1 aromatic heterocycles. The van der Waals surface area contributed by atoms with Gasteiger partial charge in [-0.1, -0.05) is 55.3 Å². The monoisotopic (exact) mass is 471 g/mol. The number of nitrogens with zero attached hydrogens (tertiary/aromatic N) is 3. The number of carbonyl (C=O) groups is 1. The highest BCUT2D eigenvalue weighted by atomic mass is 35.5. The Bertz CT molecular complexity index is 1300. The molecule has 1 heterocycles. The average molecular weight is 472 g/mol. The average Bonchev–Trinajstić information content (AvgIpc) is 2.79. The number of benzene rings is 2. The van der Waals surface area contributed by atoms with Crippen molar-refractivity contribution in [3.05, 3.63) is 95.6 Å². The number of unbranched alkanes of at least 4 members (excludes halogenated alkanes) is 1. The van der Waals surface area contributed by atoms with E-state index < -0.39 is 27.8 Å². The van der Waals surface area contributed by atoms with Crippen molar-refractivity contribution < 1.29 is 9.72 Å². The van der Waals surface area contributed by atoms with Gasteiger partial charge in [-0.2, -0.15) is 0 Å². The molecule has 11 heteroatoms. The van der Waals surface area contributed by atoms with Crippen LogP contribution in [0.15, 0.2) is 58.1 Å². The Balaban J connectivity index is 2.13. The second kappa shape index (κ2) is 10.1. The summed E-state index contributed by atoms with van der Waals surface area (Å²) < 4.78 is 1.17. The van der Waals surface area contributed by atoms with Gasteiger partial charge in [0.15, 0.2) is 5.69 Å². The first-order valence-electron chi connectivity index (χ1n) is 10.2. The zero-order chi connectivity index (χ0) is 24.1. The van der Waals surface area contributed by atoms with E-state index in [1.807, 2.05) is 13.0 Å². The van der Waals surface area contributed by atoms with Gasteiger partial charge in [0.25, 0.3) is 17.2 Å². The van der Waals surface area contributed by atoms with Gasteiger partial charge in [0.05, 0.1) is 11.5 Å². The Labute approximate surface area is 193 Å². The van der Waals surface area contributed by atoms with Crippen molar-refractivity contribution in [1.82, 2.24) is 9.55 Å². The Morgan fingerprint density at radius 2 is 1.91 bits per heavy atom. The summed E-state index contributed by atoms with van der Waals surface area (Å²) in [5.74, 6) is -0.856. The van der Waals surface area contributed by atoms with Crippen LogP contribution in [0, 0.1) is 10.1 Å². The van der Waals surface area contributed by atoms with E-state index in [0.29, 0.717) is 12.8 Å². The number of anilines is 2. The van der Waals surface area contributed by atoms with E-state index in [4.69, 9.17) is 17.3 Å². The van der Waals surface area contributed by atoms with E-state index in [2.05, 4.69) is 4.98 Å². The molecular weight excluding hydrogens is 450 g/mol. The largest absolute Gasteiger partial charge is 0.383 e. The van der Waals surface area contributed by atoms with Crippen LogP contribution in [0.2, 0.25) is 5.02 Å². The third-order valence-electron chi connectivity index (χ3n) is 5.04. The summed E-state index contributed by atoms with van der Waals surface area (Å²) in [4.78, 5) is 52.5. The number of nitrogens with one attached hydrogen (secondary N) is 1. The smallest absolute Gasteiger partial charge is 0.330 e. The highest BCUT2D eigenvalue weighted by Crippen LogP contribution is 2.27. The molecule has 3 N–H and O–H groups in total. The maximum Gasteiger partial charge on any atom is 0.330 e. The van der Waals surface area contributed by atoms with Crippen LogP contribution >= 0.6 is 11.6 Å². The zero-order valence-corrected chi connectivity index (χ0v) is 18.5. The lowest BCUT2D eigenvalue weighted by atomic mass is 10.1. The molecule has 0 aliphatic heterocycles. The minimum atomic E-state index is -0.824. The number of rotatable bonds is 8. The number of hydrogen-bond donors (Lipinski definition) is 2. The van der Waals surface area contributed by atoms with Crippen molar-refractivity contribution in [2.24, 2.45) is 0 Å². The first kappa shape index (κ1) is 23.7. The SMILES string of the molecule is CCCCN(C(=O)c1ccc(Cl)c([N+](=O)[O-])c1)c1c(N)n(Cc2ccccc2)c(=O)[nH]c1=O. The summed E-state index contributed by atoms with van der Waals surface area (Å²) in [7, 11) is 0. The second-order valence-corrected chi connectivity index (χ2v) is 7.71. The van der Waals surface area contributed by atoms with Crippen LogP contribution < -0.4 is 21.9 Å². The van der Waals surface area contributed by atoms with Crippen molar-refractivity contribution in [2.75, 3.05) is 17.2 Å². The predicted octanol–water partition coefficient (Wildman–Crippen LogP) is 3.18. The summed E-state index contributed by atoms with van der Waals surface area (Å²) in [6.45, 7) is 2.10. The normalized spacial score (nSPS) is 10.7. The fourth-order valence-electron chi connectivity index (χ4n) is 3.33. The van der Waals surface area contributed by atoms with E-state index in [1.165, 1.54) is 16.7 Å². The molecule has 3 rings (SSSR count).